The zero-order chi connectivity index (χ0) is 20.9. The average molecular weight is 408 g/mol. The molecular formula is C24H29N3O3. The van der Waals surface area contributed by atoms with E-state index in [9.17, 15) is 4.79 Å². The zero-order valence-electron chi connectivity index (χ0n) is 17.6. The highest BCUT2D eigenvalue weighted by molar-refractivity contribution is 5.97. The molecule has 1 unspecified atom stereocenters. The topological polar surface area (TPSA) is 57.8 Å². The van der Waals surface area contributed by atoms with Gasteiger partial charge in [-0.05, 0) is 55.8 Å². The van der Waals surface area contributed by atoms with Crippen LogP contribution < -0.4 is 9.47 Å². The molecular weight excluding hydrogens is 378 g/mol. The van der Waals surface area contributed by atoms with Crippen LogP contribution in [0, 0.1) is 0 Å². The van der Waals surface area contributed by atoms with Crippen LogP contribution >= 0.6 is 0 Å². The molecule has 2 aromatic carbocycles. The number of aromatic nitrogens is 1. The Kier molecular flexibility index (Phi) is 6.23. The van der Waals surface area contributed by atoms with Gasteiger partial charge in [-0.1, -0.05) is 18.2 Å². The van der Waals surface area contributed by atoms with Crippen molar-refractivity contribution >= 4 is 16.8 Å². The van der Waals surface area contributed by atoms with Gasteiger partial charge in [0.25, 0.3) is 5.91 Å². The Morgan fingerprint density at radius 3 is 2.70 bits per heavy atom. The van der Waals surface area contributed by atoms with Gasteiger partial charge in [0.15, 0.2) is 0 Å². The molecule has 0 saturated carbocycles. The number of hydrogen-bond acceptors (Lipinski definition) is 4. The predicted molar refractivity (Wildman–Crippen MR) is 118 cm³/mol. The fourth-order valence-electron chi connectivity index (χ4n) is 3.95. The summed E-state index contributed by atoms with van der Waals surface area (Å²) in [7, 11) is 3.53. The van der Waals surface area contributed by atoms with Crippen molar-refractivity contribution in [2.45, 2.75) is 18.9 Å². The third-order valence-corrected chi connectivity index (χ3v) is 5.68. The normalized spacial score (nSPS) is 17.1. The summed E-state index contributed by atoms with van der Waals surface area (Å²) >= 11 is 0. The number of aromatic amines is 1. The van der Waals surface area contributed by atoms with E-state index in [1.807, 2.05) is 61.6 Å². The van der Waals surface area contributed by atoms with Gasteiger partial charge < -0.3 is 19.4 Å². The molecule has 0 aliphatic carbocycles. The zero-order valence-corrected chi connectivity index (χ0v) is 17.6. The number of methoxy groups -OCH3 is 1. The van der Waals surface area contributed by atoms with E-state index in [1.54, 1.807) is 12.0 Å². The van der Waals surface area contributed by atoms with Crippen molar-refractivity contribution in [1.82, 2.24) is 14.8 Å². The van der Waals surface area contributed by atoms with Crippen molar-refractivity contribution in [2.24, 2.45) is 0 Å². The van der Waals surface area contributed by atoms with Crippen LogP contribution in [-0.2, 0) is 0 Å². The molecule has 0 spiro atoms. The number of piperidine rings is 1. The molecule has 1 aromatic heterocycles. The summed E-state index contributed by atoms with van der Waals surface area (Å²) in [6.07, 6.45) is 2.31. The number of carbonyl (C=O) groups is 1. The van der Waals surface area contributed by atoms with Crippen molar-refractivity contribution in [1.29, 1.82) is 0 Å². The van der Waals surface area contributed by atoms with Crippen molar-refractivity contribution in [3.05, 3.63) is 60.3 Å². The van der Waals surface area contributed by atoms with E-state index >= 15 is 0 Å². The molecule has 1 atom stereocenters. The maximum atomic E-state index is 12.8. The van der Waals surface area contributed by atoms with E-state index in [0.29, 0.717) is 12.2 Å². The SMILES string of the molecule is COc1ccc(OC2CCCN(CCN(C)C(=O)c3cc4ccccc4[nH]3)C2)cc1. The van der Waals surface area contributed by atoms with Gasteiger partial charge in [-0.2, -0.15) is 0 Å². The maximum Gasteiger partial charge on any atom is 0.270 e. The third kappa shape index (κ3) is 4.76. The molecule has 1 N–H and O–H groups in total. The number of rotatable bonds is 7. The lowest BCUT2D eigenvalue weighted by Crippen LogP contribution is -2.44. The molecule has 6 nitrogen and oxygen atoms in total. The lowest BCUT2D eigenvalue weighted by Gasteiger charge is -2.33. The molecule has 0 radical (unpaired) electrons. The fourth-order valence-corrected chi connectivity index (χ4v) is 3.95. The van der Waals surface area contributed by atoms with Crippen molar-refractivity contribution < 1.29 is 14.3 Å². The van der Waals surface area contributed by atoms with Crippen LogP contribution in [0.4, 0.5) is 0 Å². The van der Waals surface area contributed by atoms with E-state index in [1.165, 1.54) is 0 Å². The van der Waals surface area contributed by atoms with Gasteiger partial charge in [-0.3, -0.25) is 9.69 Å². The maximum absolute atomic E-state index is 12.8. The molecule has 1 aliphatic rings. The number of nitrogens with one attached hydrogen (secondary N) is 1. The quantitative estimate of drug-likeness (QED) is 0.647. The first-order valence-electron chi connectivity index (χ1n) is 10.5. The summed E-state index contributed by atoms with van der Waals surface area (Å²) < 4.78 is 11.4. The highest BCUT2D eigenvalue weighted by Crippen LogP contribution is 2.21. The Labute approximate surface area is 177 Å². The molecule has 2 heterocycles. The fraction of sp³-hybridized carbons (Fsp3) is 0.375. The van der Waals surface area contributed by atoms with Crippen molar-refractivity contribution in [3.8, 4) is 11.5 Å². The highest BCUT2D eigenvalue weighted by Gasteiger charge is 2.22. The van der Waals surface area contributed by atoms with Gasteiger partial charge in [0.2, 0.25) is 0 Å². The Bertz CT molecular complexity index is 950. The molecule has 3 aromatic rings. The van der Waals surface area contributed by atoms with Gasteiger partial charge in [0.05, 0.1) is 7.11 Å². The summed E-state index contributed by atoms with van der Waals surface area (Å²) in [5.74, 6) is 1.72. The third-order valence-electron chi connectivity index (χ3n) is 5.68. The molecule has 0 bridgehead atoms. The number of para-hydroxylation sites is 1. The standard InChI is InChI=1S/C24H29N3O3/c1-26(24(28)23-16-18-6-3-4-8-22(18)25-23)14-15-27-13-5-7-21(17-27)30-20-11-9-19(29-2)10-12-20/h3-4,6,8-12,16,21,25H,5,7,13-15,17H2,1-2H3. The second-order valence-electron chi connectivity index (χ2n) is 7.86. The minimum Gasteiger partial charge on any atom is -0.497 e. The number of fused-ring (bicyclic) bond motifs is 1. The van der Waals surface area contributed by atoms with Crippen molar-refractivity contribution in [2.75, 3.05) is 40.3 Å². The van der Waals surface area contributed by atoms with Crippen LogP contribution in [0.3, 0.4) is 0 Å². The van der Waals surface area contributed by atoms with E-state index < -0.39 is 0 Å². The Hall–Kier alpha value is -2.99. The first-order valence-corrected chi connectivity index (χ1v) is 10.5. The number of benzene rings is 2. The van der Waals surface area contributed by atoms with Gasteiger partial charge in [-0.25, -0.2) is 0 Å². The number of amides is 1. The predicted octanol–water partition coefficient (Wildman–Crippen LogP) is 3.79. The van der Waals surface area contributed by atoms with Gasteiger partial charge in [0, 0.05) is 37.6 Å². The average Bonchev–Trinajstić information content (AvgIpc) is 3.22. The number of carbonyl (C=O) groups excluding carboxylic acids is 1. The smallest absolute Gasteiger partial charge is 0.270 e. The number of nitrogens with zero attached hydrogens (tertiary/aromatic N) is 2. The van der Waals surface area contributed by atoms with Crippen LogP contribution in [-0.4, -0.2) is 67.1 Å². The molecule has 1 saturated heterocycles. The largest absolute Gasteiger partial charge is 0.497 e. The summed E-state index contributed by atoms with van der Waals surface area (Å²) in [5.41, 5.74) is 1.63. The first-order chi connectivity index (χ1) is 14.6. The molecule has 1 aliphatic heterocycles. The lowest BCUT2D eigenvalue weighted by atomic mass is 10.1. The number of H-pyrrole nitrogens is 1. The van der Waals surface area contributed by atoms with Crippen LogP contribution in [0.5, 0.6) is 11.5 Å². The highest BCUT2D eigenvalue weighted by atomic mass is 16.5. The second kappa shape index (κ2) is 9.22. The monoisotopic (exact) mass is 407 g/mol. The van der Waals surface area contributed by atoms with Gasteiger partial charge in [0.1, 0.15) is 23.3 Å². The van der Waals surface area contributed by atoms with Crippen LogP contribution in [0.25, 0.3) is 10.9 Å². The van der Waals surface area contributed by atoms with Crippen LogP contribution in [0.15, 0.2) is 54.6 Å². The molecule has 1 amide bonds. The van der Waals surface area contributed by atoms with E-state index in [2.05, 4.69) is 9.88 Å². The van der Waals surface area contributed by atoms with E-state index in [4.69, 9.17) is 9.47 Å². The number of likely N-dealkylation sites (N-methyl/N-ethyl adjacent to an activating group) is 1. The number of ether oxygens (including phenoxy) is 2. The Morgan fingerprint density at radius 2 is 1.93 bits per heavy atom. The van der Waals surface area contributed by atoms with Gasteiger partial charge >= 0.3 is 0 Å². The Balaban J connectivity index is 1.28. The number of likely N-dealkylation sites (tertiary alicyclic amines) is 1. The molecule has 1 fully saturated rings. The molecule has 6 heteroatoms. The summed E-state index contributed by atoms with van der Waals surface area (Å²) in [6.45, 7) is 3.44. The molecule has 30 heavy (non-hydrogen) atoms. The summed E-state index contributed by atoms with van der Waals surface area (Å²) in [6, 6.07) is 17.6. The molecule has 4 rings (SSSR count). The minimum absolute atomic E-state index is 0.0224. The van der Waals surface area contributed by atoms with Gasteiger partial charge in [-0.15, -0.1) is 0 Å². The van der Waals surface area contributed by atoms with Crippen LogP contribution in [0.1, 0.15) is 23.3 Å². The van der Waals surface area contributed by atoms with E-state index in [-0.39, 0.29) is 12.0 Å². The summed E-state index contributed by atoms with van der Waals surface area (Å²) in [4.78, 5) is 20.2. The second-order valence-corrected chi connectivity index (χ2v) is 7.86. The number of hydrogen-bond donors (Lipinski definition) is 1. The lowest BCUT2D eigenvalue weighted by molar-refractivity contribution is 0.0687. The molecule has 158 valence electrons. The summed E-state index contributed by atoms with van der Waals surface area (Å²) in [5, 5.41) is 1.06. The van der Waals surface area contributed by atoms with E-state index in [0.717, 1.165) is 54.9 Å². The van der Waals surface area contributed by atoms with Crippen LogP contribution in [0.2, 0.25) is 0 Å². The minimum atomic E-state index is 0.0224. The Morgan fingerprint density at radius 1 is 1.17 bits per heavy atom. The van der Waals surface area contributed by atoms with Crippen molar-refractivity contribution in [3.63, 3.8) is 0 Å². The first kappa shape index (κ1) is 20.3.